The minimum Gasteiger partial charge on any atom is -0.365 e. The zero-order valence-electron chi connectivity index (χ0n) is 8.78. The summed E-state index contributed by atoms with van der Waals surface area (Å²) >= 11 is 0. The molecule has 0 radical (unpaired) electrons. The number of epoxide rings is 1. The quantitative estimate of drug-likeness (QED) is 0.771. The Hall–Kier alpha value is -1.08. The van der Waals surface area contributed by atoms with Gasteiger partial charge < -0.3 is 4.74 Å². The van der Waals surface area contributed by atoms with E-state index >= 15 is 0 Å². The van der Waals surface area contributed by atoms with E-state index in [0.717, 1.165) is 12.1 Å². The fourth-order valence-corrected chi connectivity index (χ4v) is 2.21. The van der Waals surface area contributed by atoms with Gasteiger partial charge in [0.05, 0.1) is 11.5 Å². The van der Waals surface area contributed by atoms with Crippen LogP contribution in [-0.2, 0) is 20.2 Å². The van der Waals surface area contributed by atoms with Gasteiger partial charge >= 0.3 is 5.51 Å². The molecule has 1 aliphatic rings. The van der Waals surface area contributed by atoms with Gasteiger partial charge in [0.15, 0.2) is 0 Å². The molecular formula is C10H9F3O3S. The molecule has 0 N–H and O–H groups in total. The zero-order chi connectivity index (χ0) is 12.9. The van der Waals surface area contributed by atoms with E-state index in [1.54, 1.807) is 13.0 Å². The van der Waals surface area contributed by atoms with Gasteiger partial charge in [0.2, 0.25) is 0 Å². The maximum absolute atomic E-state index is 12.3. The number of halogens is 3. The van der Waals surface area contributed by atoms with Gasteiger partial charge in [-0.3, -0.25) is 0 Å². The highest BCUT2D eigenvalue weighted by Crippen LogP contribution is 2.39. The first-order valence-electron chi connectivity index (χ1n) is 4.73. The second kappa shape index (κ2) is 3.46. The second-order valence-corrected chi connectivity index (χ2v) is 5.94. The molecule has 2 rings (SSSR count). The maximum Gasteiger partial charge on any atom is 0.501 e. The molecule has 17 heavy (non-hydrogen) atoms. The first kappa shape index (κ1) is 12.4. The molecule has 0 saturated carbocycles. The van der Waals surface area contributed by atoms with Crippen LogP contribution in [0.3, 0.4) is 0 Å². The highest BCUT2D eigenvalue weighted by atomic mass is 32.2. The van der Waals surface area contributed by atoms with Crippen molar-refractivity contribution >= 4 is 9.84 Å². The molecule has 94 valence electrons. The first-order chi connectivity index (χ1) is 7.67. The molecule has 1 fully saturated rings. The fraction of sp³-hybridized carbons (Fsp3) is 0.400. The van der Waals surface area contributed by atoms with E-state index in [1.807, 2.05) is 0 Å². The number of sulfone groups is 1. The number of alkyl halides is 3. The van der Waals surface area contributed by atoms with Crippen molar-refractivity contribution in [2.75, 3.05) is 6.61 Å². The maximum atomic E-state index is 12.3. The van der Waals surface area contributed by atoms with Crippen LogP contribution in [0.25, 0.3) is 0 Å². The topological polar surface area (TPSA) is 46.7 Å². The minimum atomic E-state index is -5.29. The molecule has 0 bridgehead atoms. The van der Waals surface area contributed by atoms with E-state index in [2.05, 4.69) is 0 Å². The predicted octanol–water partition coefficient (Wildman–Crippen LogP) is 2.23. The van der Waals surface area contributed by atoms with Gasteiger partial charge in [0.25, 0.3) is 9.84 Å². The van der Waals surface area contributed by atoms with Crippen LogP contribution in [0, 0.1) is 0 Å². The van der Waals surface area contributed by atoms with Gasteiger partial charge in [-0.15, -0.1) is 0 Å². The fourth-order valence-electron chi connectivity index (χ4n) is 1.40. The van der Waals surface area contributed by atoms with Crippen molar-refractivity contribution < 1.29 is 26.3 Å². The predicted molar refractivity (Wildman–Crippen MR) is 53.0 cm³/mol. The molecular weight excluding hydrogens is 257 g/mol. The van der Waals surface area contributed by atoms with E-state index in [1.165, 1.54) is 6.07 Å². The molecule has 7 heteroatoms. The third-order valence-corrected chi connectivity index (χ3v) is 4.12. The summed E-state index contributed by atoms with van der Waals surface area (Å²) in [5, 5.41) is 0. The smallest absolute Gasteiger partial charge is 0.365 e. The van der Waals surface area contributed by atoms with E-state index in [9.17, 15) is 21.6 Å². The summed E-state index contributed by atoms with van der Waals surface area (Å²) in [7, 11) is -5.29. The van der Waals surface area contributed by atoms with Gasteiger partial charge in [0, 0.05) is 0 Å². The lowest BCUT2D eigenvalue weighted by Gasteiger charge is -2.11. The van der Waals surface area contributed by atoms with Crippen LogP contribution < -0.4 is 0 Å². The van der Waals surface area contributed by atoms with Gasteiger partial charge in [-0.1, -0.05) is 12.1 Å². The SMILES string of the molecule is CC1(c2cccc(S(=O)(=O)C(F)(F)F)c2)CO1. The molecule has 1 heterocycles. The Kier molecular flexibility index (Phi) is 2.52. The molecule has 1 aromatic carbocycles. The van der Waals surface area contributed by atoms with Crippen LogP contribution in [0.4, 0.5) is 13.2 Å². The Bertz CT molecular complexity index is 544. The van der Waals surface area contributed by atoms with Crippen molar-refractivity contribution in [1.82, 2.24) is 0 Å². The molecule has 1 aliphatic heterocycles. The normalized spacial score (nSPS) is 24.7. The Balaban J connectivity index is 2.48. The van der Waals surface area contributed by atoms with Crippen molar-refractivity contribution in [3.8, 4) is 0 Å². The van der Waals surface area contributed by atoms with Crippen molar-refractivity contribution in [2.45, 2.75) is 22.9 Å². The van der Waals surface area contributed by atoms with Crippen LogP contribution in [0.2, 0.25) is 0 Å². The summed E-state index contributed by atoms with van der Waals surface area (Å²) < 4.78 is 64.5. The largest absolute Gasteiger partial charge is 0.501 e. The van der Waals surface area contributed by atoms with Gasteiger partial charge in [0.1, 0.15) is 5.60 Å². The number of ether oxygens (including phenoxy) is 1. The van der Waals surface area contributed by atoms with Gasteiger partial charge in [-0.25, -0.2) is 8.42 Å². The lowest BCUT2D eigenvalue weighted by atomic mass is 10.0. The summed E-state index contributed by atoms with van der Waals surface area (Å²) in [4.78, 5) is -0.751. The zero-order valence-corrected chi connectivity index (χ0v) is 9.60. The number of hydrogen-bond donors (Lipinski definition) is 0. The highest BCUT2D eigenvalue weighted by Gasteiger charge is 2.48. The standard InChI is InChI=1S/C10H9F3O3S/c1-9(6-16-9)7-3-2-4-8(5-7)17(14,15)10(11,12)13/h2-5H,6H2,1H3. The third kappa shape index (κ3) is 2.04. The Morgan fingerprint density at radius 3 is 2.41 bits per heavy atom. The number of hydrogen-bond acceptors (Lipinski definition) is 3. The van der Waals surface area contributed by atoms with Crippen molar-refractivity contribution in [3.05, 3.63) is 29.8 Å². The minimum absolute atomic E-state index is 0.377. The molecule has 0 aliphatic carbocycles. The van der Waals surface area contributed by atoms with Gasteiger partial charge in [-0.2, -0.15) is 13.2 Å². The summed E-state index contributed by atoms with van der Waals surface area (Å²) in [6.07, 6.45) is 0. The molecule has 1 atom stereocenters. The number of benzene rings is 1. The summed E-state index contributed by atoms with van der Waals surface area (Å²) in [6.45, 7) is 2.06. The molecule has 0 spiro atoms. The Morgan fingerprint density at radius 1 is 1.35 bits per heavy atom. The molecule has 1 aromatic rings. The molecule has 0 aromatic heterocycles. The average molecular weight is 266 g/mol. The van der Waals surface area contributed by atoms with Crippen LogP contribution in [-0.4, -0.2) is 20.5 Å². The third-order valence-electron chi connectivity index (χ3n) is 2.64. The van der Waals surface area contributed by atoms with E-state index in [4.69, 9.17) is 4.74 Å². The summed E-state index contributed by atoms with van der Waals surface area (Å²) in [5.41, 5.74) is -5.50. The lowest BCUT2D eigenvalue weighted by Crippen LogP contribution is -2.23. The monoisotopic (exact) mass is 266 g/mol. The summed E-state index contributed by atoms with van der Waals surface area (Å²) in [5.74, 6) is 0. The van der Waals surface area contributed by atoms with Crippen LogP contribution >= 0.6 is 0 Å². The lowest BCUT2D eigenvalue weighted by molar-refractivity contribution is -0.0436. The van der Waals surface area contributed by atoms with Crippen LogP contribution in [0.1, 0.15) is 12.5 Å². The van der Waals surface area contributed by atoms with Crippen molar-refractivity contribution in [2.24, 2.45) is 0 Å². The van der Waals surface area contributed by atoms with Crippen molar-refractivity contribution in [3.63, 3.8) is 0 Å². The molecule has 3 nitrogen and oxygen atoms in total. The van der Waals surface area contributed by atoms with Crippen LogP contribution in [0.15, 0.2) is 29.2 Å². The number of rotatable bonds is 2. The highest BCUT2D eigenvalue weighted by molar-refractivity contribution is 7.92. The van der Waals surface area contributed by atoms with E-state index < -0.39 is 25.8 Å². The van der Waals surface area contributed by atoms with Crippen molar-refractivity contribution in [1.29, 1.82) is 0 Å². The molecule has 0 amide bonds. The van der Waals surface area contributed by atoms with Gasteiger partial charge in [-0.05, 0) is 24.6 Å². The molecule has 1 saturated heterocycles. The van der Waals surface area contributed by atoms with E-state index in [-0.39, 0.29) is 0 Å². The Morgan fingerprint density at radius 2 is 1.94 bits per heavy atom. The average Bonchev–Trinajstić information content (AvgIpc) is 2.96. The Labute approximate surface area is 96.1 Å². The second-order valence-electron chi connectivity index (χ2n) is 4.00. The molecule has 1 unspecified atom stereocenters. The summed E-state index contributed by atoms with van der Waals surface area (Å²) in [6, 6.07) is 4.76. The first-order valence-corrected chi connectivity index (χ1v) is 6.21. The van der Waals surface area contributed by atoms with Crippen LogP contribution in [0.5, 0.6) is 0 Å². The van der Waals surface area contributed by atoms with E-state index in [0.29, 0.717) is 12.2 Å².